The number of fused-ring (bicyclic) bond motifs is 1. The van der Waals surface area contributed by atoms with E-state index in [1.54, 1.807) is 0 Å². The van der Waals surface area contributed by atoms with Crippen LogP contribution in [0.3, 0.4) is 0 Å². The molecule has 0 amide bonds. The fourth-order valence-corrected chi connectivity index (χ4v) is 2.83. The number of hydrogen-bond acceptors (Lipinski definition) is 3. The van der Waals surface area contributed by atoms with Gasteiger partial charge in [-0.25, -0.2) is 4.79 Å². The molecule has 2 atom stereocenters. The topological polar surface area (TPSA) is 78.0 Å². The highest BCUT2D eigenvalue weighted by Gasteiger charge is 2.33. The number of aromatic amines is 1. The van der Waals surface area contributed by atoms with Gasteiger partial charge in [0.25, 0.3) is 0 Å². The molecular formula is C12H15N3O2. The molecule has 1 aromatic heterocycles. The van der Waals surface area contributed by atoms with Gasteiger partial charge in [0.2, 0.25) is 0 Å². The third-order valence-corrected chi connectivity index (χ3v) is 3.72. The number of hydrogen-bond donors (Lipinski definition) is 3. The lowest BCUT2D eigenvalue weighted by molar-refractivity contribution is 0.0689. The van der Waals surface area contributed by atoms with E-state index in [1.165, 1.54) is 0 Å². The minimum absolute atomic E-state index is 0.204. The van der Waals surface area contributed by atoms with Crippen LogP contribution >= 0.6 is 0 Å². The van der Waals surface area contributed by atoms with E-state index in [2.05, 4.69) is 27.7 Å². The highest BCUT2D eigenvalue weighted by atomic mass is 16.4. The summed E-state index contributed by atoms with van der Waals surface area (Å²) in [7, 11) is 0. The summed E-state index contributed by atoms with van der Waals surface area (Å²) in [4.78, 5) is 11.0. The van der Waals surface area contributed by atoms with Crippen LogP contribution in [0.15, 0.2) is 12.2 Å². The predicted molar refractivity (Wildman–Crippen MR) is 61.9 cm³/mol. The second-order valence-electron chi connectivity index (χ2n) is 4.75. The van der Waals surface area contributed by atoms with Gasteiger partial charge in [0.05, 0.1) is 0 Å². The van der Waals surface area contributed by atoms with Crippen LogP contribution in [0.1, 0.15) is 21.7 Å². The van der Waals surface area contributed by atoms with E-state index < -0.39 is 5.97 Å². The zero-order chi connectivity index (χ0) is 11.8. The summed E-state index contributed by atoms with van der Waals surface area (Å²) in [6.07, 6.45) is 6.13. The van der Waals surface area contributed by atoms with Crippen LogP contribution in [0.25, 0.3) is 0 Å². The summed E-state index contributed by atoms with van der Waals surface area (Å²) < 4.78 is 0. The highest BCUT2D eigenvalue weighted by molar-refractivity contribution is 5.87. The van der Waals surface area contributed by atoms with Gasteiger partial charge in [0, 0.05) is 24.3 Å². The van der Waals surface area contributed by atoms with E-state index >= 15 is 0 Å². The van der Waals surface area contributed by atoms with Crippen molar-refractivity contribution < 1.29 is 9.90 Å². The van der Waals surface area contributed by atoms with Crippen LogP contribution < -0.4 is 5.32 Å². The van der Waals surface area contributed by atoms with Crippen LogP contribution in [0.5, 0.6) is 0 Å². The fourth-order valence-electron chi connectivity index (χ4n) is 2.83. The van der Waals surface area contributed by atoms with E-state index in [0.29, 0.717) is 11.8 Å². The third kappa shape index (κ3) is 1.76. The number of aromatic nitrogens is 2. The van der Waals surface area contributed by atoms with E-state index in [1.807, 2.05) is 0 Å². The molecule has 5 heteroatoms. The van der Waals surface area contributed by atoms with Crippen molar-refractivity contribution in [2.75, 3.05) is 13.1 Å². The van der Waals surface area contributed by atoms with Crippen LogP contribution in [-0.2, 0) is 12.8 Å². The van der Waals surface area contributed by atoms with Crippen molar-refractivity contribution in [2.45, 2.75) is 12.8 Å². The lowest BCUT2D eigenvalue weighted by Gasteiger charge is -2.23. The van der Waals surface area contributed by atoms with Gasteiger partial charge in [0.1, 0.15) is 0 Å². The largest absolute Gasteiger partial charge is 0.476 e. The monoisotopic (exact) mass is 233 g/mol. The van der Waals surface area contributed by atoms with Crippen LogP contribution in [0.2, 0.25) is 0 Å². The molecule has 17 heavy (non-hydrogen) atoms. The smallest absolute Gasteiger partial charge is 0.356 e. The van der Waals surface area contributed by atoms with Crippen molar-refractivity contribution in [2.24, 2.45) is 11.8 Å². The molecular weight excluding hydrogens is 218 g/mol. The fraction of sp³-hybridized carbons (Fsp3) is 0.500. The molecule has 2 unspecified atom stereocenters. The molecule has 2 heterocycles. The quantitative estimate of drug-likeness (QED) is 0.654. The van der Waals surface area contributed by atoms with Gasteiger partial charge in [-0.1, -0.05) is 12.2 Å². The SMILES string of the molecule is O=C(O)c1n[nH]c2c1CC(C1C=CCNC1)C2. The first kappa shape index (κ1) is 10.5. The Bertz CT molecular complexity index is 478. The van der Waals surface area contributed by atoms with E-state index in [0.717, 1.165) is 37.2 Å². The Balaban J connectivity index is 1.80. The summed E-state index contributed by atoms with van der Waals surface area (Å²) in [6, 6.07) is 0. The molecule has 0 saturated carbocycles. The summed E-state index contributed by atoms with van der Waals surface area (Å²) in [5.74, 6) is 0.0769. The van der Waals surface area contributed by atoms with Crippen LogP contribution in [-0.4, -0.2) is 34.4 Å². The first-order chi connectivity index (χ1) is 8.25. The number of H-pyrrole nitrogens is 1. The Morgan fingerprint density at radius 2 is 2.35 bits per heavy atom. The number of carbonyl (C=O) groups is 1. The Hall–Kier alpha value is -1.62. The number of rotatable bonds is 2. The van der Waals surface area contributed by atoms with Crippen molar-refractivity contribution >= 4 is 5.97 Å². The van der Waals surface area contributed by atoms with Gasteiger partial charge in [-0.05, 0) is 24.7 Å². The maximum Gasteiger partial charge on any atom is 0.356 e. The van der Waals surface area contributed by atoms with Crippen molar-refractivity contribution in [1.29, 1.82) is 0 Å². The third-order valence-electron chi connectivity index (χ3n) is 3.72. The van der Waals surface area contributed by atoms with Crippen molar-refractivity contribution in [1.82, 2.24) is 15.5 Å². The minimum atomic E-state index is -0.930. The van der Waals surface area contributed by atoms with Gasteiger partial charge in [-0.3, -0.25) is 5.10 Å². The molecule has 0 saturated heterocycles. The average Bonchev–Trinajstić information content (AvgIpc) is 2.88. The van der Waals surface area contributed by atoms with Gasteiger partial charge in [-0.15, -0.1) is 0 Å². The van der Waals surface area contributed by atoms with E-state index in [4.69, 9.17) is 5.11 Å². The Labute approximate surface area is 98.9 Å². The van der Waals surface area contributed by atoms with Crippen molar-refractivity contribution in [3.8, 4) is 0 Å². The molecule has 3 N–H and O–H groups in total. The molecule has 5 nitrogen and oxygen atoms in total. The Morgan fingerprint density at radius 3 is 3.06 bits per heavy atom. The molecule has 1 aliphatic carbocycles. The van der Waals surface area contributed by atoms with Crippen molar-refractivity contribution in [3.63, 3.8) is 0 Å². The minimum Gasteiger partial charge on any atom is -0.476 e. The lowest BCUT2D eigenvalue weighted by atomic mass is 9.88. The Kier molecular flexibility index (Phi) is 2.48. The van der Waals surface area contributed by atoms with Gasteiger partial charge < -0.3 is 10.4 Å². The molecule has 0 bridgehead atoms. The number of carboxylic acids is 1. The maximum absolute atomic E-state index is 11.0. The van der Waals surface area contributed by atoms with E-state index in [-0.39, 0.29) is 5.69 Å². The second-order valence-corrected chi connectivity index (χ2v) is 4.75. The highest BCUT2D eigenvalue weighted by Crippen LogP contribution is 2.33. The summed E-state index contributed by atoms with van der Waals surface area (Å²) >= 11 is 0. The normalized spacial score (nSPS) is 27.1. The number of nitrogens with one attached hydrogen (secondary N) is 2. The zero-order valence-electron chi connectivity index (χ0n) is 9.44. The number of aromatic carboxylic acids is 1. The zero-order valence-corrected chi connectivity index (χ0v) is 9.44. The predicted octanol–water partition coefficient (Wildman–Crippen LogP) is 0.598. The summed E-state index contributed by atoms with van der Waals surface area (Å²) in [5, 5.41) is 19.1. The molecule has 1 aromatic rings. The molecule has 0 radical (unpaired) electrons. The van der Waals surface area contributed by atoms with Crippen LogP contribution in [0, 0.1) is 11.8 Å². The standard InChI is InChI=1S/C12H15N3O2/c16-12(17)11-9-4-8(5-10(9)14-15-11)7-2-1-3-13-6-7/h1-2,7-8,13H,3-6H2,(H,14,15)(H,16,17). The summed E-state index contributed by atoms with van der Waals surface area (Å²) in [6.45, 7) is 1.93. The van der Waals surface area contributed by atoms with E-state index in [9.17, 15) is 4.79 Å². The number of nitrogens with zero attached hydrogens (tertiary/aromatic N) is 1. The molecule has 1 aliphatic heterocycles. The van der Waals surface area contributed by atoms with Crippen molar-refractivity contribution in [3.05, 3.63) is 29.1 Å². The van der Waals surface area contributed by atoms with Gasteiger partial charge in [0.15, 0.2) is 5.69 Å². The number of carboxylic acid groups (broad SMARTS) is 1. The first-order valence-electron chi connectivity index (χ1n) is 5.92. The first-order valence-corrected chi connectivity index (χ1v) is 5.92. The van der Waals surface area contributed by atoms with Crippen LogP contribution in [0.4, 0.5) is 0 Å². The lowest BCUT2D eigenvalue weighted by Crippen LogP contribution is -2.31. The second kappa shape index (κ2) is 4.00. The van der Waals surface area contributed by atoms with Gasteiger partial charge >= 0.3 is 5.97 Å². The molecule has 0 aromatic carbocycles. The molecule has 0 fully saturated rings. The average molecular weight is 233 g/mol. The summed E-state index contributed by atoms with van der Waals surface area (Å²) in [5.41, 5.74) is 2.11. The maximum atomic E-state index is 11.0. The Morgan fingerprint density at radius 1 is 1.47 bits per heavy atom. The van der Waals surface area contributed by atoms with Gasteiger partial charge in [-0.2, -0.15) is 5.10 Å². The molecule has 2 aliphatic rings. The molecule has 90 valence electrons. The molecule has 0 spiro atoms. The molecule has 3 rings (SSSR count).